The Morgan fingerprint density at radius 3 is 3.05 bits per heavy atom. The van der Waals surface area contributed by atoms with Gasteiger partial charge in [-0.05, 0) is 24.6 Å². The number of ether oxygens (including phenoxy) is 1. The fraction of sp³-hybridized carbons (Fsp3) is 0.231. The van der Waals surface area contributed by atoms with Crippen LogP contribution in [0.15, 0.2) is 29.2 Å². The molecular formula is C13H11ClN2O2S. The highest BCUT2D eigenvalue weighted by atomic mass is 35.5. The number of aromatic nitrogens is 2. The van der Waals surface area contributed by atoms with Crippen LogP contribution >= 0.6 is 22.9 Å². The van der Waals surface area contributed by atoms with Gasteiger partial charge in [-0.25, -0.2) is 4.98 Å². The molecule has 0 aliphatic carbocycles. The molecule has 0 spiro atoms. The van der Waals surface area contributed by atoms with Gasteiger partial charge in [-0.15, -0.1) is 11.6 Å². The molecule has 0 radical (unpaired) electrons. The quantitative estimate of drug-likeness (QED) is 0.698. The number of aryl methyl sites for hydroxylation is 1. The summed E-state index contributed by atoms with van der Waals surface area (Å²) in [7, 11) is 1.62. The summed E-state index contributed by atoms with van der Waals surface area (Å²) >= 11 is 7.17. The highest BCUT2D eigenvalue weighted by Gasteiger charge is 2.11. The summed E-state index contributed by atoms with van der Waals surface area (Å²) in [5, 5.41) is 0. The summed E-state index contributed by atoms with van der Waals surface area (Å²) in [6, 6.07) is 5.63. The highest BCUT2D eigenvalue weighted by molar-refractivity contribution is 7.23. The molecule has 0 N–H and O–H groups in total. The monoisotopic (exact) mass is 294 g/mol. The minimum atomic E-state index is -0.0398. The molecule has 0 unspecified atom stereocenters. The van der Waals surface area contributed by atoms with E-state index in [1.54, 1.807) is 17.7 Å². The number of halogens is 1. The summed E-state index contributed by atoms with van der Waals surface area (Å²) in [6.07, 6.45) is 2.15. The summed E-state index contributed by atoms with van der Waals surface area (Å²) in [5.74, 6) is 1.19. The Balaban J connectivity index is 2.35. The van der Waals surface area contributed by atoms with Gasteiger partial charge in [-0.3, -0.25) is 9.20 Å². The summed E-state index contributed by atoms with van der Waals surface area (Å²) in [6.45, 7) is 0. The van der Waals surface area contributed by atoms with Gasteiger partial charge in [-0.1, -0.05) is 11.3 Å². The molecule has 0 fully saturated rings. The maximum Gasteiger partial charge on any atom is 0.262 e. The van der Waals surface area contributed by atoms with E-state index in [0.29, 0.717) is 22.8 Å². The van der Waals surface area contributed by atoms with Crippen LogP contribution in [0.5, 0.6) is 5.75 Å². The average Bonchev–Trinajstić information content (AvgIpc) is 2.80. The summed E-state index contributed by atoms with van der Waals surface area (Å²) in [4.78, 5) is 17.4. The molecule has 3 aromatic rings. The van der Waals surface area contributed by atoms with Crippen molar-refractivity contribution in [3.8, 4) is 5.75 Å². The standard InChI is InChI=1S/C13H11ClN2O2S/c1-18-9-2-3-10-11(6-9)19-13-15-7-8(4-5-14)12(17)16(10)13/h2-3,6-7H,4-5H2,1H3. The van der Waals surface area contributed by atoms with E-state index >= 15 is 0 Å². The first kappa shape index (κ1) is 12.4. The largest absolute Gasteiger partial charge is 0.497 e. The lowest BCUT2D eigenvalue weighted by molar-refractivity contribution is 0.415. The van der Waals surface area contributed by atoms with Gasteiger partial charge in [0.2, 0.25) is 0 Å². The van der Waals surface area contributed by atoms with Gasteiger partial charge < -0.3 is 4.74 Å². The first-order valence-electron chi connectivity index (χ1n) is 5.77. The predicted molar refractivity (Wildman–Crippen MR) is 77.8 cm³/mol. The minimum Gasteiger partial charge on any atom is -0.497 e. The predicted octanol–water partition coefficient (Wildman–Crippen LogP) is 2.70. The van der Waals surface area contributed by atoms with Crippen LogP contribution in [0.2, 0.25) is 0 Å². The molecule has 0 bridgehead atoms. The number of benzene rings is 1. The SMILES string of the molecule is COc1ccc2c(c1)sc1ncc(CCCl)c(=O)n12. The second-order valence-electron chi connectivity index (χ2n) is 4.08. The molecule has 0 aliphatic rings. The van der Waals surface area contributed by atoms with Gasteiger partial charge in [0.05, 0.1) is 17.3 Å². The van der Waals surface area contributed by atoms with Crippen LogP contribution in [-0.2, 0) is 6.42 Å². The number of rotatable bonds is 3. The number of hydrogen-bond donors (Lipinski definition) is 0. The molecule has 1 aromatic carbocycles. The lowest BCUT2D eigenvalue weighted by Gasteiger charge is -2.00. The smallest absolute Gasteiger partial charge is 0.262 e. The summed E-state index contributed by atoms with van der Waals surface area (Å²) in [5.41, 5.74) is 1.46. The Kier molecular flexibility index (Phi) is 3.16. The van der Waals surface area contributed by atoms with Gasteiger partial charge in [0, 0.05) is 17.6 Å². The number of thiazole rings is 1. The number of nitrogens with zero attached hydrogens (tertiary/aromatic N) is 2. The molecule has 98 valence electrons. The van der Waals surface area contributed by atoms with E-state index in [0.717, 1.165) is 16.0 Å². The normalized spacial score (nSPS) is 11.3. The van der Waals surface area contributed by atoms with Crippen molar-refractivity contribution in [2.45, 2.75) is 6.42 Å². The Hall–Kier alpha value is -1.59. The first-order chi connectivity index (χ1) is 9.24. The van der Waals surface area contributed by atoms with Crippen molar-refractivity contribution in [1.29, 1.82) is 0 Å². The molecule has 4 nitrogen and oxygen atoms in total. The molecule has 6 heteroatoms. The van der Waals surface area contributed by atoms with Crippen molar-refractivity contribution in [3.63, 3.8) is 0 Å². The third kappa shape index (κ3) is 1.99. The van der Waals surface area contributed by atoms with E-state index in [1.807, 2.05) is 18.2 Å². The van der Waals surface area contributed by atoms with Crippen molar-refractivity contribution >= 4 is 38.1 Å². The molecule has 2 aromatic heterocycles. The molecule has 2 heterocycles. The lowest BCUT2D eigenvalue weighted by atomic mass is 10.2. The van der Waals surface area contributed by atoms with E-state index in [2.05, 4.69) is 4.98 Å². The van der Waals surface area contributed by atoms with Gasteiger partial charge in [0.25, 0.3) is 5.56 Å². The maximum atomic E-state index is 12.4. The lowest BCUT2D eigenvalue weighted by Crippen LogP contribution is -2.18. The fourth-order valence-corrected chi connectivity index (χ4v) is 3.24. The van der Waals surface area contributed by atoms with Gasteiger partial charge in [0.15, 0.2) is 4.96 Å². The topological polar surface area (TPSA) is 43.6 Å². The van der Waals surface area contributed by atoms with Crippen molar-refractivity contribution < 1.29 is 4.74 Å². The number of hydrogen-bond acceptors (Lipinski definition) is 4. The zero-order valence-electron chi connectivity index (χ0n) is 10.2. The molecule has 0 atom stereocenters. The van der Waals surface area contributed by atoms with Gasteiger partial charge >= 0.3 is 0 Å². The van der Waals surface area contributed by atoms with Crippen LogP contribution in [0.3, 0.4) is 0 Å². The van der Waals surface area contributed by atoms with Gasteiger partial charge in [-0.2, -0.15) is 0 Å². The summed E-state index contributed by atoms with van der Waals surface area (Å²) < 4.78 is 7.81. The third-order valence-corrected chi connectivity index (χ3v) is 4.18. The first-order valence-corrected chi connectivity index (χ1v) is 7.13. The Bertz CT molecular complexity index is 809. The second kappa shape index (κ2) is 4.83. The Morgan fingerprint density at radius 1 is 1.47 bits per heavy atom. The van der Waals surface area contributed by atoms with Crippen LogP contribution in [0.25, 0.3) is 15.2 Å². The van der Waals surface area contributed by atoms with E-state index in [-0.39, 0.29) is 5.56 Å². The average molecular weight is 295 g/mol. The second-order valence-corrected chi connectivity index (χ2v) is 5.47. The Morgan fingerprint density at radius 2 is 2.32 bits per heavy atom. The highest BCUT2D eigenvalue weighted by Crippen LogP contribution is 2.27. The van der Waals surface area contributed by atoms with Crippen molar-refractivity contribution in [2.24, 2.45) is 0 Å². The van der Waals surface area contributed by atoms with E-state index in [4.69, 9.17) is 16.3 Å². The van der Waals surface area contributed by atoms with Crippen LogP contribution in [0, 0.1) is 0 Å². The molecule has 0 amide bonds. The third-order valence-electron chi connectivity index (χ3n) is 2.97. The van der Waals surface area contributed by atoms with Crippen LogP contribution in [0.4, 0.5) is 0 Å². The van der Waals surface area contributed by atoms with E-state index in [9.17, 15) is 4.79 Å². The number of methoxy groups -OCH3 is 1. The zero-order valence-corrected chi connectivity index (χ0v) is 11.8. The van der Waals surface area contributed by atoms with Crippen molar-refractivity contribution in [3.05, 3.63) is 40.3 Å². The zero-order chi connectivity index (χ0) is 13.4. The minimum absolute atomic E-state index is 0.0398. The molecule has 0 saturated heterocycles. The fourth-order valence-electron chi connectivity index (χ4n) is 2.02. The van der Waals surface area contributed by atoms with Crippen molar-refractivity contribution in [1.82, 2.24) is 9.38 Å². The van der Waals surface area contributed by atoms with Crippen molar-refractivity contribution in [2.75, 3.05) is 13.0 Å². The molecular weight excluding hydrogens is 284 g/mol. The molecule has 0 saturated carbocycles. The molecule has 0 aliphatic heterocycles. The van der Waals surface area contributed by atoms with Crippen LogP contribution < -0.4 is 10.3 Å². The number of alkyl halides is 1. The molecule has 3 rings (SSSR count). The van der Waals surface area contributed by atoms with Gasteiger partial charge in [0.1, 0.15) is 5.75 Å². The van der Waals surface area contributed by atoms with E-state index in [1.165, 1.54) is 11.3 Å². The van der Waals surface area contributed by atoms with Crippen LogP contribution in [0.1, 0.15) is 5.56 Å². The van der Waals surface area contributed by atoms with E-state index < -0.39 is 0 Å². The molecule has 19 heavy (non-hydrogen) atoms. The van der Waals surface area contributed by atoms with Crippen LogP contribution in [-0.4, -0.2) is 22.4 Å². The maximum absolute atomic E-state index is 12.4. The number of fused-ring (bicyclic) bond motifs is 3. The Labute approximate surface area is 118 Å².